The van der Waals surface area contributed by atoms with Gasteiger partial charge >= 0.3 is 0 Å². The van der Waals surface area contributed by atoms with Crippen molar-refractivity contribution in [3.63, 3.8) is 0 Å². The Labute approximate surface area is 128 Å². The van der Waals surface area contributed by atoms with Gasteiger partial charge in [-0.1, -0.05) is 48.5 Å². The lowest BCUT2D eigenvalue weighted by molar-refractivity contribution is 0.650. The van der Waals surface area contributed by atoms with Crippen molar-refractivity contribution < 1.29 is 0 Å². The summed E-state index contributed by atoms with van der Waals surface area (Å²) < 4.78 is 2.00. The molecule has 6 heteroatoms. The summed E-state index contributed by atoms with van der Waals surface area (Å²) in [6, 6.07) is 10.3. The second-order valence-electron chi connectivity index (χ2n) is 4.96. The zero-order valence-electron chi connectivity index (χ0n) is 11.8. The molecule has 1 aliphatic rings. The van der Waals surface area contributed by atoms with Crippen LogP contribution in [0.15, 0.2) is 40.9 Å². The standard InChI is InChI=1S/C15H19N5S/c16-10-6-2-5-9-14-17-18-15-20(14)19-13(11-21-15)12-7-3-1-4-8-12/h1,3-4,7-8,11,19H,2,5-6,9-10,16H2. The molecule has 2 aromatic rings. The van der Waals surface area contributed by atoms with E-state index in [0.717, 1.165) is 48.9 Å². The predicted octanol–water partition coefficient (Wildman–Crippen LogP) is 2.60. The number of nitrogens with two attached hydrogens (primary N) is 1. The van der Waals surface area contributed by atoms with E-state index < -0.39 is 0 Å². The summed E-state index contributed by atoms with van der Waals surface area (Å²) in [7, 11) is 0. The molecule has 2 heterocycles. The molecule has 0 unspecified atom stereocenters. The van der Waals surface area contributed by atoms with Crippen molar-refractivity contribution in [3.05, 3.63) is 47.1 Å². The van der Waals surface area contributed by atoms with Gasteiger partial charge in [-0.2, -0.15) is 0 Å². The number of nitrogens with zero attached hydrogens (tertiary/aromatic N) is 3. The Morgan fingerprint density at radius 1 is 1.10 bits per heavy atom. The Morgan fingerprint density at radius 3 is 2.76 bits per heavy atom. The van der Waals surface area contributed by atoms with E-state index in [9.17, 15) is 0 Å². The smallest absolute Gasteiger partial charge is 0.214 e. The zero-order chi connectivity index (χ0) is 14.5. The zero-order valence-corrected chi connectivity index (χ0v) is 12.6. The summed E-state index contributed by atoms with van der Waals surface area (Å²) in [5, 5.41) is 11.5. The molecule has 0 atom stereocenters. The number of unbranched alkanes of at least 4 members (excludes halogenated alkanes) is 2. The lowest BCUT2D eigenvalue weighted by Crippen LogP contribution is -2.19. The third kappa shape index (κ3) is 3.28. The van der Waals surface area contributed by atoms with Crippen LogP contribution in [-0.4, -0.2) is 21.4 Å². The Morgan fingerprint density at radius 2 is 1.95 bits per heavy atom. The van der Waals surface area contributed by atoms with Crippen LogP contribution in [0.1, 0.15) is 30.7 Å². The normalized spacial score (nSPS) is 13.5. The Balaban J connectivity index is 1.70. The predicted molar refractivity (Wildman–Crippen MR) is 86.3 cm³/mol. The second-order valence-corrected chi connectivity index (χ2v) is 5.80. The van der Waals surface area contributed by atoms with Crippen molar-refractivity contribution in [2.45, 2.75) is 30.8 Å². The highest BCUT2D eigenvalue weighted by Gasteiger charge is 2.17. The van der Waals surface area contributed by atoms with Gasteiger partial charge in [-0.05, 0) is 24.9 Å². The lowest BCUT2D eigenvalue weighted by Gasteiger charge is -2.19. The number of fused-ring (bicyclic) bond motifs is 1. The molecular weight excluding hydrogens is 282 g/mol. The summed E-state index contributed by atoms with van der Waals surface area (Å²) in [5.74, 6) is 0.982. The lowest BCUT2D eigenvalue weighted by atomic mass is 10.2. The molecule has 1 aromatic heterocycles. The minimum absolute atomic E-state index is 0.757. The third-order valence-electron chi connectivity index (χ3n) is 3.40. The molecule has 0 radical (unpaired) electrons. The molecule has 3 N–H and O–H groups in total. The maximum Gasteiger partial charge on any atom is 0.214 e. The third-order valence-corrected chi connectivity index (χ3v) is 4.23. The minimum Gasteiger partial charge on any atom is -0.330 e. The van der Waals surface area contributed by atoms with Gasteiger partial charge in [0.2, 0.25) is 5.16 Å². The van der Waals surface area contributed by atoms with E-state index in [1.165, 1.54) is 5.56 Å². The molecule has 21 heavy (non-hydrogen) atoms. The molecule has 0 saturated carbocycles. The summed E-state index contributed by atoms with van der Waals surface area (Å²) >= 11 is 1.60. The van der Waals surface area contributed by atoms with Crippen LogP contribution in [0.2, 0.25) is 0 Å². The van der Waals surface area contributed by atoms with Crippen molar-refractivity contribution in [2.75, 3.05) is 12.0 Å². The van der Waals surface area contributed by atoms with Gasteiger partial charge in [0.05, 0.1) is 5.70 Å². The van der Waals surface area contributed by atoms with Gasteiger partial charge in [0, 0.05) is 11.8 Å². The minimum atomic E-state index is 0.757. The van der Waals surface area contributed by atoms with Crippen molar-refractivity contribution >= 4 is 17.5 Å². The van der Waals surface area contributed by atoms with Gasteiger partial charge in [0.1, 0.15) is 0 Å². The van der Waals surface area contributed by atoms with Crippen molar-refractivity contribution in [2.24, 2.45) is 5.73 Å². The van der Waals surface area contributed by atoms with Gasteiger partial charge in [0.25, 0.3) is 0 Å². The molecule has 0 saturated heterocycles. The van der Waals surface area contributed by atoms with E-state index in [4.69, 9.17) is 5.73 Å². The van der Waals surface area contributed by atoms with E-state index in [1.807, 2.05) is 22.9 Å². The van der Waals surface area contributed by atoms with Crippen LogP contribution in [0.5, 0.6) is 0 Å². The van der Waals surface area contributed by atoms with E-state index in [0.29, 0.717) is 0 Å². The van der Waals surface area contributed by atoms with Crippen LogP contribution >= 0.6 is 11.8 Å². The number of thioether (sulfide) groups is 1. The summed E-state index contributed by atoms with van der Waals surface area (Å²) in [4.78, 5) is 0. The highest BCUT2D eigenvalue weighted by molar-refractivity contribution is 8.02. The summed E-state index contributed by atoms with van der Waals surface area (Å²) in [5.41, 5.74) is 11.2. The molecule has 0 bridgehead atoms. The second kappa shape index (κ2) is 6.78. The van der Waals surface area contributed by atoms with E-state index in [-0.39, 0.29) is 0 Å². The monoisotopic (exact) mass is 301 g/mol. The first-order chi connectivity index (χ1) is 10.4. The molecule has 0 fully saturated rings. The van der Waals surface area contributed by atoms with Crippen LogP contribution < -0.4 is 11.2 Å². The number of rotatable bonds is 6. The first-order valence-electron chi connectivity index (χ1n) is 7.22. The van der Waals surface area contributed by atoms with Crippen LogP contribution in [0, 0.1) is 0 Å². The maximum atomic E-state index is 5.53. The van der Waals surface area contributed by atoms with Gasteiger partial charge in [-0.25, -0.2) is 4.68 Å². The number of hydrogen-bond acceptors (Lipinski definition) is 5. The van der Waals surface area contributed by atoms with Crippen molar-refractivity contribution in [1.82, 2.24) is 14.9 Å². The van der Waals surface area contributed by atoms with Gasteiger partial charge in [-0.3, -0.25) is 5.43 Å². The van der Waals surface area contributed by atoms with E-state index in [2.05, 4.69) is 33.2 Å². The first kappa shape index (κ1) is 14.2. The van der Waals surface area contributed by atoms with Crippen LogP contribution in [0.4, 0.5) is 0 Å². The van der Waals surface area contributed by atoms with Crippen molar-refractivity contribution in [3.8, 4) is 0 Å². The Hall–Kier alpha value is -1.79. The summed E-state index contributed by atoms with van der Waals surface area (Å²) in [6.07, 6.45) is 4.21. The Kier molecular flexibility index (Phi) is 4.57. The van der Waals surface area contributed by atoms with Crippen LogP contribution in [0.25, 0.3) is 5.70 Å². The van der Waals surface area contributed by atoms with E-state index in [1.54, 1.807) is 11.8 Å². The molecule has 0 amide bonds. The largest absolute Gasteiger partial charge is 0.330 e. The number of hydrogen-bond donors (Lipinski definition) is 2. The maximum absolute atomic E-state index is 5.53. The molecule has 5 nitrogen and oxygen atoms in total. The fourth-order valence-corrected chi connectivity index (χ4v) is 3.02. The number of aromatic nitrogens is 3. The van der Waals surface area contributed by atoms with Gasteiger partial charge < -0.3 is 5.73 Å². The molecule has 110 valence electrons. The summed E-state index contributed by atoms with van der Waals surface area (Å²) in [6.45, 7) is 0.757. The average Bonchev–Trinajstić information content (AvgIpc) is 2.95. The van der Waals surface area contributed by atoms with E-state index >= 15 is 0 Å². The number of aryl methyl sites for hydroxylation is 1. The van der Waals surface area contributed by atoms with Crippen molar-refractivity contribution in [1.29, 1.82) is 0 Å². The first-order valence-corrected chi connectivity index (χ1v) is 8.10. The fourth-order valence-electron chi connectivity index (χ4n) is 2.26. The van der Waals surface area contributed by atoms with Gasteiger partial charge in [0.15, 0.2) is 5.82 Å². The highest BCUT2D eigenvalue weighted by Crippen LogP contribution is 2.28. The molecule has 0 spiro atoms. The molecule has 3 rings (SSSR count). The SMILES string of the molecule is NCCCCCc1nnc2n1NC(c1ccccc1)=CS2. The molecule has 1 aromatic carbocycles. The Bertz CT molecular complexity index is 620. The number of nitrogens with one attached hydrogen (secondary N) is 1. The fraction of sp³-hybridized carbons (Fsp3) is 0.333. The average molecular weight is 301 g/mol. The molecule has 0 aliphatic carbocycles. The molecule has 1 aliphatic heterocycles. The quantitative estimate of drug-likeness (QED) is 0.803. The van der Waals surface area contributed by atoms with Crippen LogP contribution in [0.3, 0.4) is 0 Å². The molecular formula is C15H19N5S. The van der Waals surface area contributed by atoms with Gasteiger partial charge in [-0.15, -0.1) is 10.2 Å². The topological polar surface area (TPSA) is 68.8 Å². The number of benzene rings is 1. The highest BCUT2D eigenvalue weighted by atomic mass is 32.2. The van der Waals surface area contributed by atoms with Crippen LogP contribution in [-0.2, 0) is 6.42 Å².